The van der Waals surface area contributed by atoms with Crippen LogP contribution >= 0.6 is 0 Å². The molecule has 1 N–H and O–H groups in total. The molecule has 0 unspecified atom stereocenters. The fourth-order valence-corrected chi connectivity index (χ4v) is 5.74. The van der Waals surface area contributed by atoms with Gasteiger partial charge in [0.2, 0.25) is 11.8 Å². The zero-order valence-electron chi connectivity index (χ0n) is 17.8. The topological polar surface area (TPSA) is 78.5 Å². The van der Waals surface area contributed by atoms with Gasteiger partial charge in [0, 0.05) is 37.3 Å². The Labute approximate surface area is 181 Å². The maximum atomic E-state index is 13.6. The number of benzene rings is 1. The number of aryl methyl sites for hydroxylation is 2. The third-order valence-corrected chi connectivity index (χ3v) is 7.52. The third-order valence-electron chi connectivity index (χ3n) is 7.52. The number of amides is 2. The predicted molar refractivity (Wildman–Crippen MR) is 113 cm³/mol. The minimum atomic E-state index is -0.668. The number of nitrogens with zero attached hydrogens (tertiary/aromatic N) is 3. The van der Waals surface area contributed by atoms with E-state index in [1.807, 2.05) is 22.0 Å². The fraction of sp³-hybridized carbons (Fsp3) is 0.458. The van der Waals surface area contributed by atoms with Crippen molar-refractivity contribution in [3.8, 4) is 0 Å². The number of hydrogen-bond acceptors (Lipinski definition) is 4. The quantitative estimate of drug-likeness (QED) is 0.773. The summed E-state index contributed by atoms with van der Waals surface area (Å²) in [5, 5.41) is 7.11. The van der Waals surface area contributed by atoms with Crippen molar-refractivity contribution >= 4 is 11.8 Å². The molecular formula is C24H26N4O3. The number of H-pyrrole nitrogens is 1. The van der Waals surface area contributed by atoms with Gasteiger partial charge in [-0.15, -0.1) is 0 Å². The zero-order valence-corrected chi connectivity index (χ0v) is 17.8. The number of carbonyl (C=O) groups is 2. The Bertz CT molecular complexity index is 1120. The van der Waals surface area contributed by atoms with Crippen LogP contribution in [-0.2, 0) is 33.8 Å². The number of aromatic nitrogens is 2. The van der Waals surface area contributed by atoms with Crippen molar-refractivity contribution in [2.45, 2.75) is 45.1 Å². The Morgan fingerprint density at radius 1 is 1.32 bits per heavy atom. The highest BCUT2D eigenvalue weighted by atomic mass is 16.5. The van der Waals surface area contributed by atoms with Gasteiger partial charge in [-0.1, -0.05) is 30.4 Å². The third kappa shape index (κ3) is 2.72. The van der Waals surface area contributed by atoms with Crippen molar-refractivity contribution in [2.75, 3.05) is 13.1 Å². The summed E-state index contributed by atoms with van der Waals surface area (Å²) in [7, 11) is 0. The molecule has 2 aromatic rings. The average molecular weight is 418 g/mol. The number of hydrogen-bond donors (Lipinski definition) is 1. The summed E-state index contributed by atoms with van der Waals surface area (Å²) in [5.74, 6) is -0.832. The van der Waals surface area contributed by atoms with Crippen LogP contribution < -0.4 is 0 Å². The number of likely N-dealkylation sites (tertiary alicyclic amines) is 1. The molecule has 2 amide bonds. The minimum Gasteiger partial charge on any atom is -0.360 e. The highest BCUT2D eigenvalue weighted by Gasteiger charge is 2.67. The number of rotatable bonds is 3. The second-order valence-electron chi connectivity index (χ2n) is 9.40. The van der Waals surface area contributed by atoms with Gasteiger partial charge >= 0.3 is 0 Å². The summed E-state index contributed by atoms with van der Waals surface area (Å²) in [6.07, 6.45) is 6.25. The normalized spacial score (nSPS) is 30.8. The monoisotopic (exact) mass is 418 g/mol. The Hall–Kier alpha value is -2.93. The highest BCUT2D eigenvalue weighted by molar-refractivity contribution is 5.93. The van der Waals surface area contributed by atoms with Gasteiger partial charge in [-0.2, -0.15) is 5.10 Å². The molecule has 0 aliphatic carbocycles. The van der Waals surface area contributed by atoms with Crippen molar-refractivity contribution in [2.24, 2.45) is 11.8 Å². The van der Waals surface area contributed by atoms with E-state index in [-0.39, 0.29) is 17.9 Å². The van der Waals surface area contributed by atoms with Crippen molar-refractivity contribution in [3.63, 3.8) is 0 Å². The lowest BCUT2D eigenvalue weighted by atomic mass is 9.76. The Balaban J connectivity index is 1.25. The molecular weight excluding hydrogens is 392 g/mol. The standard InChI is InChI=1S/C24H26N4O3/c1-14-3-4-16(9-15(14)2)11-28-13-24-7-5-19(31-24)20(21(24)23(28)30)22(29)27-8-6-18-17(12-27)10-25-26-18/h3-5,7,9-10,19-21H,6,8,11-13H2,1-2H3,(H,25,26)/t19-,20-,21+,24-/m0/s1. The number of fused-ring (bicyclic) bond motifs is 2. The van der Waals surface area contributed by atoms with Gasteiger partial charge < -0.3 is 14.5 Å². The molecule has 4 atom stereocenters. The molecule has 1 aromatic carbocycles. The van der Waals surface area contributed by atoms with E-state index in [9.17, 15) is 9.59 Å². The first-order valence-electron chi connectivity index (χ1n) is 11.0. The predicted octanol–water partition coefficient (Wildman–Crippen LogP) is 1.89. The van der Waals surface area contributed by atoms with E-state index in [2.05, 4.69) is 42.2 Å². The Kier molecular flexibility index (Phi) is 3.96. The number of carbonyl (C=O) groups excluding carboxylic acids is 2. The maximum absolute atomic E-state index is 13.6. The van der Waals surface area contributed by atoms with E-state index in [0.29, 0.717) is 26.2 Å². The summed E-state index contributed by atoms with van der Waals surface area (Å²) < 4.78 is 6.30. The first-order valence-corrected chi connectivity index (χ1v) is 11.0. The zero-order chi connectivity index (χ0) is 21.3. The molecule has 2 bridgehead atoms. The SMILES string of the molecule is Cc1ccc(CN2C[C@]34C=C[C@H](O3)[C@H](C(=O)N3CCc5[nH]ncc5C3)[C@@H]4C2=O)cc1C. The van der Waals surface area contributed by atoms with Crippen LogP contribution in [0.15, 0.2) is 36.5 Å². The van der Waals surface area contributed by atoms with Crippen LogP contribution in [0.4, 0.5) is 0 Å². The molecule has 7 nitrogen and oxygen atoms in total. The van der Waals surface area contributed by atoms with Gasteiger partial charge in [-0.05, 0) is 30.5 Å². The van der Waals surface area contributed by atoms with Crippen LogP contribution in [0.2, 0.25) is 0 Å². The van der Waals surface area contributed by atoms with Gasteiger partial charge in [-0.3, -0.25) is 14.7 Å². The summed E-state index contributed by atoms with van der Waals surface area (Å²) in [4.78, 5) is 30.8. The molecule has 1 aromatic heterocycles. The van der Waals surface area contributed by atoms with E-state index in [0.717, 1.165) is 23.2 Å². The second kappa shape index (κ2) is 6.53. The van der Waals surface area contributed by atoms with Crippen molar-refractivity contribution in [1.29, 1.82) is 0 Å². The lowest BCUT2D eigenvalue weighted by Gasteiger charge is -2.32. The molecule has 0 saturated carbocycles. The molecule has 4 aliphatic rings. The molecule has 1 spiro atoms. The molecule has 7 heteroatoms. The largest absolute Gasteiger partial charge is 0.360 e. The van der Waals surface area contributed by atoms with Crippen molar-refractivity contribution < 1.29 is 14.3 Å². The van der Waals surface area contributed by atoms with Gasteiger partial charge in [0.25, 0.3) is 0 Å². The Morgan fingerprint density at radius 3 is 3.03 bits per heavy atom. The number of aromatic amines is 1. The van der Waals surface area contributed by atoms with Crippen molar-refractivity contribution in [3.05, 3.63) is 64.5 Å². The van der Waals surface area contributed by atoms with E-state index in [4.69, 9.17) is 4.74 Å². The van der Waals surface area contributed by atoms with E-state index >= 15 is 0 Å². The molecule has 31 heavy (non-hydrogen) atoms. The molecule has 5 heterocycles. The maximum Gasteiger partial charge on any atom is 0.230 e. The molecule has 2 fully saturated rings. The highest BCUT2D eigenvalue weighted by Crippen LogP contribution is 2.52. The fourth-order valence-electron chi connectivity index (χ4n) is 5.74. The van der Waals surface area contributed by atoms with Crippen LogP contribution in [0.3, 0.4) is 0 Å². The number of ether oxygens (including phenoxy) is 1. The lowest BCUT2D eigenvalue weighted by Crippen LogP contribution is -2.47. The summed E-state index contributed by atoms with van der Waals surface area (Å²) >= 11 is 0. The molecule has 4 aliphatic heterocycles. The van der Waals surface area contributed by atoms with Gasteiger partial charge in [0.15, 0.2) is 0 Å². The van der Waals surface area contributed by atoms with Crippen LogP contribution in [0.1, 0.15) is 27.9 Å². The van der Waals surface area contributed by atoms with Crippen LogP contribution in [0, 0.1) is 25.7 Å². The van der Waals surface area contributed by atoms with Crippen LogP contribution in [-0.4, -0.2) is 56.6 Å². The summed E-state index contributed by atoms with van der Waals surface area (Å²) in [5.41, 5.74) is 5.06. The molecule has 6 rings (SSSR count). The first-order chi connectivity index (χ1) is 14.9. The minimum absolute atomic E-state index is 0.0226. The average Bonchev–Trinajstić information content (AvgIpc) is 3.51. The van der Waals surface area contributed by atoms with Gasteiger partial charge in [0.1, 0.15) is 5.60 Å². The molecule has 160 valence electrons. The van der Waals surface area contributed by atoms with Crippen LogP contribution in [0.5, 0.6) is 0 Å². The van der Waals surface area contributed by atoms with Crippen LogP contribution in [0.25, 0.3) is 0 Å². The number of nitrogens with one attached hydrogen (secondary N) is 1. The van der Waals surface area contributed by atoms with Gasteiger partial charge in [-0.25, -0.2) is 0 Å². The molecule has 2 saturated heterocycles. The smallest absolute Gasteiger partial charge is 0.230 e. The summed E-state index contributed by atoms with van der Waals surface area (Å²) in [6, 6.07) is 6.31. The lowest BCUT2D eigenvalue weighted by molar-refractivity contribution is -0.144. The molecule has 0 radical (unpaired) electrons. The van der Waals surface area contributed by atoms with E-state index < -0.39 is 17.4 Å². The van der Waals surface area contributed by atoms with Gasteiger partial charge in [0.05, 0.1) is 30.7 Å². The summed E-state index contributed by atoms with van der Waals surface area (Å²) in [6.45, 7) is 6.41. The first kappa shape index (κ1) is 18.8. The van der Waals surface area contributed by atoms with Crippen molar-refractivity contribution in [1.82, 2.24) is 20.0 Å². The Morgan fingerprint density at radius 2 is 2.19 bits per heavy atom. The van der Waals surface area contributed by atoms with E-state index in [1.165, 1.54) is 11.1 Å². The second-order valence-corrected chi connectivity index (χ2v) is 9.40. The van der Waals surface area contributed by atoms with E-state index in [1.54, 1.807) is 6.20 Å².